The Balaban J connectivity index is 2.00. The fraction of sp³-hybridized carbons (Fsp3) is 0.667. The monoisotopic (exact) mass is 274 g/mol. The van der Waals surface area contributed by atoms with E-state index in [1.165, 1.54) is 43.4 Å². The predicted octanol–water partition coefficient (Wildman–Crippen LogP) is 3.60. The van der Waals surface area contributed by atoms with E-state index >= 15 is 0 Å². The van der Waals surface area contributed by atoms with Crippen LogP contribution in [0.4, 0.5) is 0 Å². The van der Waals surface area contributed by atoms with E-state index in [0.29, 0.717) is 0 Å². The Morgan fingerprint density at radius 3 is 2.75 bits per heavy atom. The van der Waals surface area contributed by atoms with Gasteiger partial charge >= 0.3 is 0 Å². The van der Waals surface area contributed by atoms with E-state index in [2.05, 4.69) is 48.3 Å². The highest BCUT2D eigenvalue weighted by Gasteiger charge is 2.17. The highest BCUT2D eigenvalue weighted by atomic mass is 15.1. The smallest absolute Gasteiger partial charge is 0.0239 e. The van der Waals surface area contributed by atoms with Crippen molar-refractivity contribution in [3.8, 4) is 0 Å². The van der Waals surface area contributed by atoms with E-state index < -0.39 is 0 Å². The van der Waals surface area contributed by atoms with E-state index in [1.807, 2.05) is 0 Å². The number of nitrogens with zero attached hydrogens (tertiary/aromatic N) is 1. The number of hydrogen-bond acceptors (Lipinski definition) is 2. The van der Waals surface area contributed by atoms with Gasteiger partial charge in [-0.2, -0.15) is 0 Å². The first kappa shape index (κ1) is 15.5. The second-order valence-corrected chi connectivity index (χ2v) is 6.04. The lowest BCUT2D eigenvalue weighted by Gasteiger charge is -2.28. The first-order valence-corrected chi connectivity index (χ1v) is 8.32. The molecule has 1 fully saturated rings. The van der Waals surface area contributed by atoms with Crippen LogP contribution in [0.25, 0.3) is 0 Å². The summed E-state index contributed by atoms with van der Waals surface area (Å²) < 4.78 is 0. The maximum Gasteiger partial charge on any atom is 0.0239 e. The van der Waals surface area contributed by atoms with Crippen molar-refractivity contribution in [3.63, 3.8) is 0 Å². The van der Waals surface area contributed by atoms with Crippen molar-refractivity contribution >= 4 is 0 Å². The van der Waals surface area contributed by atoms with Crippen LogP contribution in [0.1, 0.15) is 50.7 Å². The summed E-state index contributed by atoms with van der Waals surface area (Å²) in [6.45, 7) is 9.11. The molecule has 1 aromatic rings. The maximum absolute atomic E-state index is 3.43. The zero-order valence-electron chi connectivity index (χ0n) is 13.2. The lowest BCUT2D eigenvalue weighted by Crippen LogP contribution is -2.32. The Bertz CT molecular complexity index is 389. The summed E-state index contributed by atoms with van der Waals surface area (Å²) >= 11 is 0. The number of nitrogens with one attached hydrogen (secondary N) is 1. The van der Waals surface area contributed by atoms with Gasteiger partial charge in [0.25, 0.3) is 0 Å². The van der Waals surface area contributed by atoms with Crippen molar-refractivity contribution in [2.45, 2.75) is 58.5 Å². The fourth-order valence-corrected chi connectivity index (χ4v) is 3.14. The van der Waals surface area contributed by atoms with Gasteiger partial charge in [0.2, 0.25) is 0 Å². The molecule has 1 saturated heterocycles. The average molecular weight is 274 g/mol. The third-order valence-corrected chi connectivity index (χ3v) is 4.50. The molecule has 2 heteroatoms. The summed E-state index contributed by atoms with van der Waals surface area (Å²) in [5.74, 6) is 0. The normalized spacial score (nSPS) is 20.8. The molecule has 0 bridgehead atoms. The van der Waals surface area contributed by atoms with E-state index in [-0.39, 0.29) is 0 Å². The third kappa shape index (κ3) is 4.60. The maximum atomic E-state index is 3.43. The minimum Gasteiger partial charge on any atom is -0.317 e. The van der Waals surface area contributed by atoms with Gasteiger partial charge in [0, 0.05) is 12.6 Å². The summed E-state index contributed by atoms with van der Waals surface area (Å²) in [5.41, 5.74) is 3.05. The second-order valence-electron chi connectivity index (χ2n) is 6.04. The van der Waals surface area contributed by atoms with Crippen molar-refractivity contribution in [1.29, 1.82) is 0 Å². The van der Waals surface area contributed by atoms with E-state index in [1.54, 1.807) is 0 Å². The zero-order valence-corrected chi connectivity index (χ0v) is 13.2. The molecule has 0 spiro atoms. The SMILES string of the molecule is CCNCCc1ccccc1CN1CCCCCC1C. The molecule has 0 aliphatic carbocycles. The van der Waals surface area contributed by atoms with Crippen LogP contribution >= 0.6 is 0 Å². The molecule has 1 aliphatic heterocycles. The molecule has 1 atom stereocenters. The van der Waals surface area contributed by atoms with Crippen LogP contribution < -0.4 is 5.32 Å². The molecule has 0 radical (unpaired) electrons. The molecule has 0 amide bonds. The predicted molar refractivity (Wildman–Crippen MR) is 87.0 cm³/mol. The molecule has 1 aliphatic rings. The molecule has 1 heterocycles. The molecule has 0 saturated carbocycles. The van der Waals surface area contributed by atoms with Gasteiger partial charge in [0.1, 0.15) is 0 Å². The molecule has 2 rings (SSSR count). The van der Waals surface area contributed by atoms with Crippen LogP contribution in [0.2, 0.25) is 0 Å². The summed E-state index contributed by atoms with van der Waals surface area (Å²) in [6.07, 6.45) is 6.68. The van der Waals surface area contributed by atoms with Gasteiger partial charge in [-0.3, -0.25) is 4.90 Å². The Labute approximate surface area is 124 Å². The molecule has 1 unspecified atom stereocenters. The standard InChI is InChI=1S/C18H30N2/c1-3-19-13-12-17-10-6-7-11-18(17)15-20-14-8-4-5-9-16(20)2/h6-7,10-11,16,19H,3-5,8-9,12-15H2,1-2H3. The van der Waals surface area contributed by atoms with E-state index in [4.69, 9.17) is 0 Å². The van der Waals surface area contributed by atoms with Crippen molar-refractivity contribution in [1.82, 2.24) is 10.2 Å². The number of benzene rings is 1. The Kier molecular flexibility index (Phi) is 6.55. The Morgan fingerprint density at radius 1 is 1.15 bits per heavy atom. The summed E-state index contributed by atoms with van der Waals surface area (Å²) in [6, 6.07) is 9.72. The third-order valence-electron chi connectivity index (χ3n) is 4.50. The fourth-order valence-electron chi connectivity index (χ4n) is 3.14. The van der Waals surface area contributed by atoms with Crippen molar-refractivity contribution in [2.24, 2.45) is 0 Å². The molecule has 0 aromatic heterocycles. The van der Waals surface area contributed by atoms with Gasteiger partial charge in [0.15, 0.2) is 0 Å². The van der Waals surface area contributed by atoms with E-state index in [0.717, 1.165) is 32.1 Å². The summed E-state index contributed by atoms with van der Waals surface area (Å²) in [7, 11) is 0. The molecule has 20 heavy (non-hydrogen) atoms. The Hall–Kier alpha value is -0.860. The number of hydrogen-bond donors (Lipinski definition) is 1. The zero-order chi connectivity index (χ0) is 14.2. The van der Waals surface area contributed by atoms with Gasteiger partial charge in [0.05, 0.1) is 0 Å². The number of likely N-dealkylation sites (tertiary alicyclic amines) is 1. The van der Waals surface area contributed by atoms with Crippen LogP contribution in [0.5, 0.6) is 0 Å². The first-order chi connectivity index (χ1) is 9.81. The van der Waals surface area contributed by atoms with Gasteiger partial charge in [-0.05, 0) is 56.9 Å². The van der Waals surface area contributed by atoms with Crippen LogP contribution in [0.3, 0.4) is 0 Å². The quantitative estimate of drug-likeness (QED) is 0.797. The van der Waals surface area contributed by atoms with E-state index in [9.17, 15) is 0 Å². The lowest BCUT2D eigenvalue weighted by atomic mass is 10.0. The van der Waals surface area contributed by atoms with Gasteiger partial charge in [-0.15, -0.1) is 0 Å². The number of rotatable bonds is 6. The van der Waals surface area contributed by atoms with Gasteiger partial charge in [-0.1, -0.05) is 44.0 Å². The van der Waals surface area contributed by atoms with Crippen LogP contribution in [-0.2, 0) is 13.0 Å². The van der Waals surface area contributed by atoms with Crippen molar-refractivity contribution in [2.75, 3.05) is 19.6 Å². The average Bonchev–Trinajstić information content (AvgIpc) is 2.66. The molecule has 1 N–H and O–H groups in total. The largest absolute Gasteiger partial charge is 0.317 e. The Morgan fingerprint density at radius 2 is 1.95 bits per heavy atom. The highest BCUT2D eigenvalue weighted by molar-refractivity contribution is 5.27. The minimum atomic E-state index is 0.735. The van der Waals surface area contributed by atoms with Crippen LogP contribution in [0, 0.1) is 0 Å². The van der Waals surface area contributed by atoms with Crippen molar-refractivity contribution < 1.29 is 0 Å². The van der Waals surface area contributed by atoms with Crippen LogP contribution in [0.15, 0.2) is 24.3 Å². The van der Waals surface area contributed by atoms with Gasteiger partial charge in [-0.25, -0.2) is 0 Å². The summed E-state index contributed by atoms with van der Waals surface area (Å²) in [5, 5.41) is 3.43. The molecular weight excluding hydrogens is 244 g/mol. The minimum absolute atomic E-state index is 0.735. The first-order valence-electron chi connectivity index (χ1n) is 8.32. The number of likely N-dealkylation sites (N-methyl/N-ethyl adjacent to an activating group) is 1. The molecular formula is C18H30N2. The summed E-state index contributed by atoms with van der Waals surface area (Å²) in [4.78, 5) is 2.68. The lowest BCUT2D eigenvalue weighted by molar-refractivity contribution is 0.204. The highest BCUT2D eigenvalue weighted by Crippen LogP contribution is 2.20. The van der Waals surface area contributed by atoms with Gasteiger partial charge < -0.3 is 5.32 Å². The van der Waals surface area contributed by atoms with Crippen molar-refractivity contribution in [3.05, 3.63) is 35.4 Å². The van der Waals surface area contributed by atoms with Crippen LogP contribution in [-0.4, -0.2) is 30.6 Å². The second kappa shape index (κ2) is 8.43. The molecule has 2 nitrogen and oxygen atoms in total. The molecule has 112 valence electrons. The molecule has 1 aromatic carbocycles. The topological polar surface area (TPSA) is 15.3 Å².